The van der Waals surface area contributed by atoms with Crippen LogP contribution >= 0.6 is 24.0 Å². The second-order valence-electron chi connectivity index (χ2n) is 9.83. The summed E-state index contributed by atoms with van der Waals surface area (Å²) >= 11 is 6.91. The van der Waals surface area contributed by atoms with E-state index in [0.717, 1.165) is 42.3 Å². The Hall–Kier alpha value is -2.65. The number of rotatable bonds is 6. The lowest BCUT2D eigenvalue weighted by Gasteiger charge is -2.34. The van der Waals surface area contributed by atoms with E-state index in [0.29, 0.717) is 53.9 Å². The first-order valence-electron chi connectivity index (χ1n) is 13.3. The van der Waals surface area contributed by atoms with Crippen molar-refractivity contribution in [3.05, 3.63) is 45.1 Å². The predicted octanol–water partition coefficient (Wildman–Crippen LogP) is 4.94. The van der Waals surface area contributed by atoms with Crippen molar-refractivity contribution in [1.82, 2.24) is 9.47 Å². The van der Waals surface area contributed by atoms with Crippen LogP contribution in [0.1, 0.15) is 57.9 Å². The van der Waals surface area contributed by atoms with Gasteiger partial charge in [0.1, 0.15) is 4.32 Å². The molecule has 0 radical (unpaired) electrons. The van der Waals surface area contributed by atoms with E-state index in [4.69, 9.17) is 17.0 Å². The van der Waals surface area contributed by atoms with Gasteiger partial charge in [0.15, 0.2) is 0 Å². The summed E-state index contributed by atoms with van der Waals surface area (Å²) in [5.41, 5.74) is 2.10. The highest BCUT2D eigenvalue weighted by atomic mass is 32.2. The molecule has 1 aromatic heterocycles. The van der Waals surface area contributed by atoms with Crippen molar-refractivity contribution in [2.24, 2.45) is 5.92 Å². The van der Waals surface area contributed by atoms with Gasteiger partial charge >= 0.3 is 5.97 Å². The van der Waals surface area contributed by atoms with Gasteiger partial charge in [-0.25, -0.2) is 0 Å². The van der Waals surface area contributed by atoms with Crippen molar-refractivity contribution in [2.75, 3.05) is 24.6 Å². The first kappa shape index (κ1) is 26.0. The normalized spacial score (nSPS) is 20.5. The highest BCUT2D eigenvalue weighted by molar-refractivity contribution is 8.26. The number of fused-ring (bicyclic) bond motifs is 1. The molecule has 0 unspecified atom stereocenters. The number of anilines is 1. The maximum atomic E-state index is 13.9. The van der Waals surface area contributed by atoms with E-state index in [1.165, 1.54) is 11.8 Å². The number of thiocarbonyl (C=S) groups is 1. The zero-order valence-corrected chi connectivity index (χ0v) is 23.0. The lowest BCUT2D eigenvalue weighted by Crippen LogP contribution is -2.39. The molecule has 1 aliphatic carbocycles. The Labute approximate surface area is 226 Å². The minimum atomic E-state index is -0.149. The summed E-state index contributed by atoms with van der Waals surface area (Å²) in [4.78, 5) is 44.2. The fourth-order valence-corrected chi connectivity index (χ4v) is 7.26. The second kappa shape index (κ2) is 11.0. The number of piperidine rings is 1. The first-order chi connectivity index (χ1) is 17.9. The van der Waals surface area contributed by atoms with E-state index in [9.17, 15) is 14.4 Å². The van der Waals surface area contributed by atoms with Gasteiger partial charge in [-0.15, -0.1) is 0 Å². The van der Waals surface area contributed by atoms with Gasteiger partial charge in [-0.2, -0.15) is 0 Å². The highest BCUT2D eigenvalue weighted by Gasteiger charge is 2.39. The number of amides is 1. The van der Waals surface area contributed by atoms with Gasteiger partial charge in [0.2, 0.25) is 0 Å². The molecule has 1 saturated carbocycles. The molecule has 7 nitrogen and oxygen atoms in total. The zero-order valence-electron chi connectivity index (χ0n) is 21.4. The largest absolute Gasteiger partial charge is 0.466 e. The van der Waals surface area contributed by atoms with Gasteiger partial charge in [0, 0.05) is 31.1 Å². The molecule has 2 aromatic rings. The van der Waals surface area contributed by atoms with Crippen LogP contribution in [0.4, 0.5) is 5.69 Å². The van der Waals surface area contributed by atoms with Gasteiger partial charge in [-0.1, -0.05) is 55.0 Å². The molecule has 1 amide bonds. The topological polar surface area (TPSA) is 71.8 Å². The van der Waals surface area contributed by atoms with Crippen molar-refractivity contribution in [3.8, 4) is 0 Å². The summed E-state index contributed by atoms with van der Waals surface area (Å²) in [7, 11) is 0. The van der Waals surface area contributed by atoms with Gasteiger partial charge in [-0.05, 0) is 51.7 Å². The number of aromatic nitrogens is 1. The molecule has 5 rings (SSSR count). The molecular formula is C28H33N3O4S2. The molecule has 9 heteroatoms. The van der Waals surface area contributed by atoms with Crippen molar-refractivity contribution in [1.29, 1.82) is 0 Å². The molecular weight excluding hydrogens is 506 g/mol. The van der Waals surface area contributed by atoms with Crippen LogP contribution < -0.4 is 10.5 Å². The fraction of sp³-hybridized carbons (Fsp3) is 0.500. The third-order valence-corrected chi connectivity index (χ3v) is 9.05. The molecule has 2 aliphatic heterocycles. The molecule has 0 bridgehead atoms. The zero-order chi connectivity index (χ0) is 26.1. The van der Waals surface area contributed by atoms with E-state index in [1.807, 2.05) is 38.1 Å². The van der Waals surface area contributed by atoms with Crippen molar-refractivity contribution >= 4 is 62.8 Å². The number of pyridine rings is 1. The van der Waals surface area contributed by atoms with Crippen LogP contribution in [0.3, 0.4) is 0 Å². The maximum absolute atomic E-state index is 13.9. The average molecular weight is 540 g/mol. The van der Waals surface area contributed by atoms with E-state index in [2.05, 4.69) is 4.90 Å². The van der Waals surface area contributed by atoms with E-state index >= 15 is 0 Å². The molecule has 0 N–H and O–H groups in total. The van der Waals surface area contributed by atoms with Gasteiger partial charge in [-0.3, -0.25) is 19.3 Å². The highest BCUT2D eigenvalue weighted by Crippen LogP contribution is 2.40. The Morgan fingerprint density at radius 1 is 1.11 bits per heavy atom. The van der Waals surface area contributed by atoms with Crippen molar-refractivity contribution in [3.63, 3.8) is 0 Å². The smallest absolute Gasteiger partial charge is 0.309 e. The quantitative estimate of drug-likeness (QED) is 0.292. The molecule has 0 atom stereocenters. The molecule has 37 heavy (non-hydrogen) atoms. The van der Waals surface area contributed by atoms with Gasteiger partial charge in [0.25, 0.3) is 11.5 Å². The van der Waals surface area contributed by atoms with Crippen molar-refractivity contribution < 1.29 is 14.3 Å². The van der Waals surface area contributed by atoms with Gasteiger partial charge < -0.3 is 14.2 Å². The van der Waals surface area contributed by atoms with Crippen LogP contribution in [0, 0.1) is 5.92 Å². The van der Waals surface area contributed by atoms with E-state index in [-0.39, 0.29) is 29.4 Å². The average Bonchev–Trinajstić information content (AvgIpc) is 3.52. The minimum Gasteiger partial charge on any atom is -0.466 e. The monoisotopic (exact) mass is 539 g/mol. The number of carbonyl (C=O) groups is 2. The number of esters is 1. The van der Waals surface area contributed by atoms with Crippen LogP contribution in [-0.2, 0) is 20.9 Å². The third-order valence-electron chi connectivity index (χ3n) is 7.72. The first-order valence-corrected chi connectivity index (χ1v) is 14.5. The van der Waals surface area contributed by atoms with Crippen LogP contribution in [0.25, 0.3) is 17.0 Å². The molecule has 0 spiro atoms. The fourth-order valence-electron chi connectivity index (χ4n) is 5.88. The van der Waals surface area contributed by atoms with Crippen LogP contribution in [0.15, 0.2) is 34.0 Å². The summed E-state index contributed by atoms with van der Waals surface area (Å²) in [6.45, 7) is 5.95. The van der Waals surface area contributed by atoms with Crippen molar-refractivity contribution in [2.45, 2.75) is 65.0 Å². The molecule has 196 valence electrons. The molecule has 3 fully saturated rings. The molecule has 3 heterocycles. The number of nitrogens with zero attached hydrogens (tertiary/aromatic N) is 3. The number of benzene rings is 1. The van der Waals surface area contributed by atoms with Gasteiger partial charge in [0.05, 0.1) is 34.2 Å². The van der Waals surface area contributed by atoms with Crippen LogP contribution in [-0.4, -0.2) is 51.4 Å². The Morgan fingerprint density at radius 2 is 1.81 bits per heavy atom. The molecule has 1 aromatic carbocycles. The summed E-state index contributed by atoms with van der Waals surface area (Å²) in [6.07, 6.45) is 7.25. The SMILES string of the molecule is CCOC(=O)C1CCN(c2c(C=C3SC(=S)N(C4CCCC4)C3=O)c(=O)n(CC)c3ccccc23)CC1. The Bertz CT molecular complexity index is 1320. The number of para-hydroxylation sites is 1. The number of hydrogen-bond donors (Lipinski definition) is 0. The summed E-state index contributed by atoms with van der Waals surface area (Å²) < 4.78 is 7.60. The lowest BCUT2D eigenvalue weighted by atomic mass is 9.95. The van der Waals surface area contributed by atoms with E-state index < -0.39 is 0 Å². The third kappa shape index (κ3) is 4.83. The number of aryl methyl sites for hydroxylation is 1. The number of ether oxygens (including phenoxy) is 1. The summed E-state index contributed by atoms with van der Waals surface area (Å²) in [6, 6.07) is 8.08. The summed E-state index contributed by atoms with van der Waals surface area (Å²) in [5.74, 6) is -0.377. The molecule has 3 aliphatic rings. The number of hydrogen-bond acceptors (Lipinski definition) is 7. The minimum absolute atomic E-state index is 0.0931. The molecule has 2 saturated heterocycles. The lowest BCUT2D eigenvalue weighted by molar-refractivity contribution is -0.148. The van der Waals surface area contributed by atoms with Crippen LogP contribution in [0.5, 0.6) is 0 Å². The second-order valence-corrected chi connectivity index (χ2v) is 11.5. The maximum Gasteiger partial charge on any atom is 0.309 e. The number of thioether (sulfide) groups is 1. The Balaban J connectivity index is 1.58. The number of carbonyl (C=O) groups excluding carboxylic acids is 2. The standard InChI is InChI=1S/C28H33N3O4S2/c1-3-30-22-12-8-7-11-20(22)24(29-15-13-18(14-16-29)27(34)35-4-2)21(25(30)32)17-23-26(33)31(28(36)37-23)19-9-5-6-10-19/h7-8,11-12,17-19H,3-6,9-10,13-16H2,1-2H3. The summed E-state index contributed by atoms with van der Waals surface area (Å²) in [5, 5.41) is 0.969. The van der Waals surface area contributed by atoms with E-state index in [1.54, 1.807) is 15.5 Å². The Kier molecular flexibility index (Phi) is 7.72. The predicted molar refractivity (Wildman–Crippen MR) is 153 cm³/mol. The Morgan fingerprint density at radius 3 is 2.49 bits per heavy atom. The van der Waals surface area contributed by atoms with Crippen LogP contribution in [0.2, 0.25) is 0 Å².